The summed E-state index contributed by atoms with van der Waals surface area (Å²) >= 11 is 0. The first-order valence-electron chi connectivity index (χ1n) is 5.56. The van der Waals surface area contributed by atoms with Gasteiger partial charge in [-0.2, -0.15) is 0 Å². The monoisotopic (exact) mass is 214 g/mol. The molecule has 0 aliphatic heterocycles. The molecule has 2 rings (SSSR count). The molecule has 0 saturated heterocycles. The van der Waals surface area contributed by atoms with Gasteiger partial charge in [0.15, 0.2) is 0 Å². The van der Waals surface area contributed by atoms with Crippen LogP contribution in [0.2, 0.25) is 0 Å². The molecule has 0 bridgehead atoms. The first-order valence-corrected chi connectivity index (χ1v) is 5.56. The summed E-state index contributed by atoms with van der Waals surface area (Å²) in [5.74, 6) is 6.05. The number of aryl methyl sites for hydroxylation is 2. The van der Waals surface area contributed by atoms with Crippen LogP contribution in [0.15, 0.2) is 18.6 Å². The van der Waals surface area contributed by atoms with Crippen LogP contribution in [0.5, 0.6) is 0 Å². The molecule has 16 heavy (non-hydrogen) atoms. The lowest BCUT2D eigenvalue weighted by Crippen LogP contribution is -1.85. The highest BCUT2D eigenvalue weighted by Gasteiger charge is 2.06. The molecule has 84 valence electrons. The van der Waals surface area contributed by atoms with Crippen LogP contribution in [-0.2, 0) is 7.05 Å². The third-order valence-corrected chi connectivity index (χ3v) is 2.35. The molecule has 2 heteroatoms. The van der Waals surface area contributed by atoms with Crippen molar-refractivity contribution in [2.45, 2.75) is 27.7 Å². The molecule has 2 heterocycles. The summed E-state index contributed by atoms with van der Waals surface area (Å²) in [5, 5.41) is 1.22. The summed E-state index contributed by atoms with van der Waals surface area (Å²) in [4.78, 5) is 4.18. The topological polar surface area (TPSA) is 17.8 Å². The van der Waals surface area contributed by atoms with Gasteiger partial charge < -0.3 is 4.57 Å². The Labute approximate surface area is 97.3 Å². The maximum absolute atomic E-state index is 4.18. The molecule has 0 radical (unpaired) electrons. The van der Waals surface area contributed by atoms with Crippen LogP contribution < -0.4 is 0 Å². The molecule has 0 spiro atoms. The highest BCUT2D eigenvalue weighted by Crippen LogP contribution is 2.22. The number of rotatable bonds is 0. The smallest absolute Gasteiger partial charge is 0.0679 e. The number of hydrogen-bond acceptors (Lipinski definition) is 1. The van der Waals surface area contributed by atoms with Gasteiger partial charge in [-0.3, -0.25) is 4.98 Å². The summed E-state index contributed by atoms with van der Waals surface area (Å²) in [7, 11) is 2.02. The summed E-state index contributed by atoms with van der Waals surface area (Å²) in [6.07, 6.45) is 5.81. The van der Waals surface area contributed by atoms with Crippen molar-refractivity contribution < 1.29 is 0 Å². The van der Waals surface area contributed by atoms with Crippen LogP contribution in [0.4, 0.5) is 0 Å². The van der Waals surface area contributed by atoms with Crippen LogP contribution >= 0.6 is 0 Å². The van der Waals surface area contributed by atoms with Crippen molar-refractivity contribution in [1.29, 1.82) is 0 Å². The standard InChI is InChI=1S/C12H12N2.C2H6/c1-4-5-10-8-14(3)11-7-13-6-9(2)12(10)11;1-2/h6-8H,1-3H3;1-2H3. The Hall–Kier alpha value is -1.75. The van der Waals surface area contributed by atoms with E-state index < -0.39 is 0 Å². The number of fused-ring (bicyclic) bond motifs is 1. The van der Waals surface area contributed by atoms with E-state index in [1.165, 1.54) is 10.9 Å². The second-order valence-corrected chi connectivity index (χ2v) is 3.38. The first kappa shape index (κ1) is 12.3. The first-order chi connectivity index (χ1) is 7.74. The Morgan fingerprint density at radius 2 is 1.94 bits per heavy atom. The van der Waals surface area contributed by atoms with Crippen LogP contribution in [0, 0.1) is 18.8 Å². The molecule has 0 unspecified atom stereocenters. The molecule has 0 aliphatic carbocycles. The predicted molar refractivity (Wildman–Crippen MR) is 69.4 cm³/mol. The Bertz CT molecular complexity index is 539. The van der Waals surface area contributed by atoms with E-state index in [-0.39, 0.29) is 0 Å². The van der Waals surface area contributed by atoms with Crippen LogP contribution in [0.1, 0.15) is 31.9 Å². The molecule has 0 fully saturated rings. The summed E-state index contributed by atoms with van der Waals surface area (Å²) in [6, 6.07) is 0. The minimum absolute atomic E-state index is 1.09. The van der Waals surface area contributed by atoms with Crippen molar-refractivity contribution in [1.82, 2.24) is 9.55 Å². The lowest BCUT2D eigenvalue weighted by molar-refractivity contribution is 0.963. The van der Waals surface area contributed by atoms with Crippen LogP contribution in [0.3, 0.4) is 0 Å². The van der Waals surface area contributed by atoms with Gasteiger partial charge >= 0.3 is 0 Å². The van der Waals surface area contributed by atoms with Crippen molar-refractivity contribution in [3.05, 3.63) is 29.7 Å². The molecule has 0 amide bonds. The van der Waals surface area contributed by atoms with E-state index in [9.17, 15) is 0 Å². The number of pyridine rings is 1. The summed E-state index contributed by atoms with van der Waals surface area (Å²) in [6.45, 7) is 7.92. The zero-order valence-corrected chi connectivity index (χ0v) is 10.6. The molecule has 0 aliphatic rings. The van der Waals surface area contributed by atoms with E-state index in [1.54, 1.807) is 0 Å². The molecule has 2 aromatic heterocycles. The minimum atomic E-state index is 1.09. The lowest BCUT2D eigenvalue weighted by atomic mass is 10.1. The second-order valence-electron chi connectivity index (χ2n) is 3.38. The van der Waals surface area contributed by atoms with Crippen LogP contribution in [0.25, 0.3) is 10.9 Å². The van der Waals surface area contributed by atoms with E-state index >= 15 is 0 Å². The average molecular weight is 214 g/mol. The van der Waals surface area contributed by atoms with Crippen molar-refractivity contribution in [2.75, 3.05) is 0 Å². The quantitative estimate of drug-likeness (QED) is 0.615. The van der Waals surface area contributed by atoms with Gasteiger partial charge in [0.2, 0.25) is 0 Å². The molecular formula is C14H18N2. The summed E-state index contributed by atoms with van der Waals surface area (Å²) in [5.41, 5.74) is 3.41. The van der Waals surface area contributed by atoms with Gasteiger partial charge in [0.25, 0.3) is 0 Å². The number of aromatic nitrogens is 2. The normalized spacial score (nSPS) is 9.06. The highest BCUT2D eigenvalue weighted by molar-refractivity contribution is 5.88. The number of hydrogen-bond donors (Lipinski definition) is 0. The van der Waals surface area contributed by atoms with Crippen LogP contribution in [-0.4, -0.2) is 9.55 Å². The molecule has 0 aromatic carbocycles. The van der Waals surface area contributed by atoms with Gasteiger partial charge in [0.1, 0.15) is 0 Å². The van der Waals surface area contributed by atoms with Gasteiger partial charge in [-0.25, -0.2) is 0 Å². The van der Waals surface area contributed by atoms with Crippen molar-refractivity contribution >= 4 is 10.9 Å². The van der Waals surface area contributed by atoms with Gasteiger partial charge in [-0.15, -0.1) is 5.92 Å². The second kappa shape index (κ2) is 5.37. The van der Waals surface area contributed by atoms with E-state index in [1.807, 2.05) is 40.2 Å². The van der Waals surface area contributed by atoms with Crippen molar-refractivity contribution in [3.63, 3.8) is 0 Å². The molecule has 2 aromatic rings. The largest absolute Gasteiger partial charge is 0.348 e. The van der Waals surface area contributed by atoms with E-state index in [4.69, 9.17) is 0 Å². The van der Waals surface area contributed by atoms with Gasteiger partial charge in [-0.05, 0) is 19.4 Å². The third kappa shape index (κ3) is 2.09. The molecule has 0 atom stereocenters. The Morgan fingerprint density at radius 1 is 1.25 bits per heavy atom. The Morgan fingerprint density at radius 3 is 2.56 bits per heavy atom. The van der Waals surface area contributed by atoms with E-state index in [0.717, 1.165) is 11.1 Å². The SMILES string of the molecule is CC.CC#Cc1cn(C)c2cncc(C)c12. The van der Waals surface area contributed by atoms with Gasteiger partial charge in [0, 0.05) is 24.8 Å². The Kier molecular flexibility index (Phi) is 4.13. The van der Waals surface area contributed by atoms with E-state index in [0.29, 0.717) is 0 Å². The molecule has 0 N–H and O–H groups in total. The maximum Gasteiger partial charge on any atom is 0.0679 e. The third-order valence-electron chi connectivity index (χ3n) is 2.35. The lowest BCUT2D eigenvalue weighted by Gasteiger charge is -1.96. The van der Waals surface area contributed by atoms with Gasteiger partial charge in [0.05, 0.1) is 17.3 Å². The van der Waals surface area contributed by atoms with Crippen molar-refractivity contribution in [3.8, 4) is 11.8 Å². The zero-order chi connectivity index (χ0) is 12.1. The van der Waals surface area contributed by atoms with Crippen molar-refractivity contribution in [2.24, 2.45) is 7.05 Å². The fourth-order valence-corrected chi connectivity index (χ4v) is 1.73. The molecule has 0 saturated carbocycles. The zero-order valence-electron chi connectivity index (χ0n) is 10.6. The summed E-state index contributed by atoms with van der Waals surface area (Å²) < 4.78 is 2.06. The highest BCUT2D eigenvalue weighted by atomic mass is 14.9. The molecule has 2 nitrogen and oxygen atoms in total. The van der Waals surface area contributed by atoms with Gasteiger partial charge in [-0.1, -0.05) is 19.8 Å². The average Bonchev–Trinajstić information content (AvgIpc) is 2.61. The van der Waals surface area contributed by atoms with E-state index in [2.05, 4.69) is 34.5 Å². The predicted octanol–water partition coefficient (Wildman–Crippen LogP) is 3.28. The molecular weight excluding hydrogens is 196 g/mol. The fraction of sp³-hybridized carbons (Fsp3) is 0.357. The minimum Gasteiger partial charge on any atom is -0.348 e. The number of nitrogens with zero attached hydrogens (tertiary/aromatic N) is 2. The maximum atomic E-state index is 4.18. The Balaban J connectivity index is 0.000000606. The fourth-order valence-electron chi connectivity index (χ4n) is 1.73.